The topological polar surface area (TPSA) is 46.6 Å². The predicted octanol–water partition coefficient (Wildman–Crippen LogP) is 5.81. The van der Waals surface area contributed by atoms with Crippen LogP contribution in [0.4, 0.5) is 0 Å². The van der Waals surface area contributed by atoms with Gasteiger partial charge in [0.2, 0.25) is 0 Å². The lowest BCUT2D eigenvalue weighted by Crippen LogP contribution is -2.40. The molecule has 0 bridgehead atoms. The van der Waals surface area contributed by atoms with Gasteiger partial charge in [-0.2, -0.15) is 0 Å². The van der Waals surface area contributed by atoms with Gasteiger partial charge in [-0.1, -0.05) is 54.1 Å². The number of hydrogen-bond donors (Lipinski definition) is 0. The van der Waals surface area contributed by atoms with Crippen LogP contribution in [0.3, 0.4) is 0 Å². The van der Waals surface area contributed by atoms with Gasteiger partial charge < -0.3 is 9.64 Å². The predicted molar refractivity (Wildman–Crippen MR) is 107 cm³/mol. The normalized spacial score (nSPS) is 15.2. The van der Waals surface area contributed by atoms with Gasteiger partial charge in [0.15, 0.2) is 6.61 Å². The summed E-state index contributed by atoms with van der Waals surface area (Å²) in [5.74, 6) is -0.836. The van der Waals surface area contributed by atoms with Gasteiger partial charge in [0, 0.05) is 28.2 Å². The molecule has 1 aromatic heterocycles. The number of rotatable bonds is 4. The van der Waals surface area contributed by atoms with E-state index >= 15 is 0 Å². The Morgan fingerprint density at radius 1 is 1.19 bits per heavy atom. The number of carbonyl (C=O) groups is 2. The van der Waals surface area contributed by atoms with Crippen LogP contribution in [-0.4, -0.2) is 36.5 Å². The average molecular weight is 435 g/mol. The number of hydrogen-bond acceptors (Lipinski definition) is 4. The second-order valence-electron chi connectivity index (χ2n) is 6.38. The fourth-order valence-corrected chi connectivity index (χ4v) is 5.47. The zero-order chi connectivity index (χ0) is 18.8. The summed E-state index contributed by atoms with van der Waals surface area (Å²) in [5.41, 5.74) is 0. The van der Waals surface area contributed by atoms with Crippen molar-refractivity contribution in [3.05, 3.63) is 32.1 Å². The van der Waals surface area contributed by atoms with Gasteiger partial charge in [0.1, 0.15) is 4.88 Å². The van der Waals surface area contributed by atoms with Crippen LogP contribution in [0.15, 0.2) is 12.1 Å². The highest BCUT2D eigenvalue weighted by Crippen LogP contribution is 2.41. The quantitative estimate of drug-likeness (QED) is 0.570. The maximum absolute atomic E-state index is 12.4. The van der Waals surface area contributed by atoms with Gasteiger partial charge in [-0.3, -0.25) is 4.79 Å². The molecule has 26 heavy (non-hydrogen) atoms. The molecule has 3 rings (SSSR count). The molecule has 1 amide bonds. The molecule has 0 spiro atoms. The van der Waals surface area contributed by atoms with Gasteiger partial charge in [-0.25, -0.2) is 4.79 Å². The van der Waals surface area contributed by atoms with Crippen molar-refractivity contribution in [2.24, 2.45) is 0 Å². The van der Waals surface area contributed by atoms with Crippen LogP contribution >= 0.6 is 46.1 Å². The number of esters is 1. The van der Waals surface area contributed by atoms with Crippen LogP contribution in [0.1, 0.15) is 41.8 Å². The summed E-state index contributed by atoms with van der Waals surface area (Å²) in [6.07, 6.45) is 5.46. The van der Waals surface area contributed by atoms with Crippen molar-refractivity contribution in [1.29, 1.82) is 0 Å². The Kier molecular flexibility index (Phi) is 6.33. The lowest BCUT2D eigenvalue weighted by molar-refractivity contribution is -0.135. The van der Waals surface area contributed by atoms with E-state index in [0.29, 0.717) is 20.1 Å². The molecule has 1 heterocycles. The number of nitrogens with zero attached hydrogens (tertiary/aromatic N) is 1. The zero-order valence-corrected chi connectivity index (χ0v) is 17.3. The molecule has 0 N–H and O–H groups in total. The van der Waals surface area contributed by atoms with Crippen LogP contribution in [0.5, 0.6) is 0 Å². The Labute approximate surface area is 171 Å². The highest BCUT2D eigenvalue weighted by atomic mass is 35.5. The molecular weight excluding hydrogens is 417 g/mol. The SMILES string of the molecule is CN(C(=O)COC(=O)c1sc2cc(Cl)cc(Cl)c2c1Cl)C1CCCCC1. The number of likely N-dealkylation sites (N-methyl/N-ethyl adjacent to an activating group) is 1. The number of thiophene rings is 1. The molecule has 0 atom stereocenters. The van der Waals surface area contributed by atoms with Crippen molar-refractivity contribution in [1.82, 2.24) is 4.90 Å². The molecule has 0 aliphatic heterocycles. The second-order valence-corrected chi connectivity index (χ2v) is 8.65. The first-order chi connectivity index (χ1) is 12.4. The summed E-state index contributed by atoms with van der Waals surface area (Å²) in [4.78, 5) is 26.6. The van der Waals surface area contributed by atoms with Gasteiger partial charge in [0.25, 0.3) is 5.91 Å². The number of amides is 1. The summed E-state index contributed by atoms with van der Waals surface area (Å²) in [5, 5.41) is 1.63. The van der Waals surface area contributed by atoms with E-state index in [0.717, 1.165) is 37.0 Å². The van der Waals surface area contributed by atoms with Crippen LogP contribution in [-0.2, 0) is 9.53 Å². The van der Waals surface area contributed by atoms with E-state index in [-0.39, 0.29) is 28.5 Å². The molecule has 0 radical (unpaired) electrons. The van der Waals surface area contributed by atoms with Crippen LogP contribution in [0, 0.1) is 0 Å². The van der Waals surface area contributed by atoms with Gasteiger partial charge in [-0.15, -0.1) is 11.3 Å². The van der Waals surface area contributed by atoms with Gasteiger partial charge >= 0.3 is 5.97 Å². The minimum Gasteiger partial charge on any atom is -0.451 e. The molecule has 1 aliphatic carbocycles. The van der Waals surface area contributed by atoms with Crippen LogP contribution < -0.4 is 0 Å². The Balaban J connectivity index is 1.68. The van der Waals surface area contributed by atoms with Crippen molar-refractivity contribution < 1.29 is 14.3 Å². The summed E-state index contributed by atoms with van der Waals surface area (Å²) < 4.78 is 5.90. The molecule has 2 aromatic rings. The Morgan fingerprint density at radius 3 is 2.58 bits per heavy atom. The summed E-state index contributed by atoms with van der Waals surface area (Å²) in [6.45, 7) is -0.301. The standard InChI is InChI=1S/C18H18Cl3NO3S/c1-22(11-5-3-2-4-6-11)14(23)9-25-18(24)17-16(21)15-12(20)7-10(19)8-13(15)26-17/h7-8,11H,2-6,9H2,1H3. The molecule has 0 saturated heterocycles. The number of fused-ring (bicyclic) bond motifs is 1. The fourth-order valence-electron chi connectivity index (χ4n) is 3.21. The highest BCUT2D eigenvalue weighted by Gasteiger charge is 2.25. The van der Waals surface area contributed by atoms with Crippen molar-refractivity contribution in [2.75, 3.05) is 13.7 Å². The molecule has 140 valence electrons. The first kappa shape index (κ1) is 19.7. The average Bonchev–Trinajstić information content (AvgIpc) is 2.96. The lowest BCUT2D eigenvalue weighted by atomic mass is 9.94. The maximum atomic E-state index is 12.4. The molecular formula is C18H18Cl3NO3S. The van der Waals surface area contributed by atoms with Gasteiger partial charge in [0.05, 0.1) is 10.0 Å². The lowest BCUT2D eigenvalue weighted by Gasteiger charge is -2.31. The molecule has 4 nitrogen and oxygen atoms in total. The summed E-state index contributed by atoms with van der Waals surface area (Å²) in [6, 6.07) is 3.49. The Morgan fingerprint density at radius 2 is 1.88 bits per heavy atom. The molecule has 0 unspecified atom stereocenters. The van der Waals surface area contributed by atoms with Gasteiger partial charge in [-0.05, 0) is 25.0 Å². The molecule has 1 aromatic carbocycles. The van der Waals surface area contributed by atoms with Crippen molar-refractivity contribution in [3.63, 3.8) is 0 Å². The minimum atomic E-state index is -0.631. The van der Waals surface area contributed by atoms with Crippen LogP contribution in [0.25, 0.3) is 10.1 Å². The molecule has 1 saturated carbocycles. The summed E-state index contributed by atoms with van der Waals surface area (Å²) >= 11 is 19.6. The molecule has 1 aliphatic rings. The first-order valence-electron chi connectivity index (χ1n) is 8.38. The first-order valence-corrected chi connectivity index (χ1v) is 10.3. The third-order valence-corrected chi connectivity index (χ3v) is 6.80. The van der Waals surface area contributed by atoms with E-state index in [1.807, 2.05) is 0 Å². The minimum absolute atomic E-state index is 0.205. The van der Waals surface area contributed by atoms with Crippen molar-refractivity contribution in [2.45, 2.75) is 38.1 Å². The fraction of sp³-hybridized carbons (Fsp3) is 0.444. The van der Waals surface area contributed by atoms with E-state index in [1.165, 1.54) is 6.42 Å². The smallest absolute Gasteiger partial charge is 0.350 e. The highest BCUT2D eigenvalue weighted by molar-refractivity contribution is 7.21. The molecule has 8 heteroatoms. The molecule has 1 fully saturated rings. The second kappa shape index (κ2) is 8.34. The van der Waals surface area contributed by atoms with E-state index < -0.39 is 5.97 Å². The third kappa shape index (κ3) is 4.11. The van der Waals surface area contributed by atoms with E-state index in [9.17, 15) is 9.59 Å². The zero-order valence-electron chi connectivity index (χ0n) is 14.2. The third-order valence-electron chi connectivity index (χ3n) is 4.68. The maximum Gasteiger partial charge on any atom is 0.350 e. The number of halogens is 3. The Bertz CT molecular complexity index is 846. The monoisotopic (exact) mass is 433 g/mol. The largest absolute Gasteiger partial charge is 0.451 e. The number of ether oxygens (including phenoxy) is 1. The van der Waals surface area contributed by atoms with E-state index in [4.69, 9.17) is 39.5 Å². The van der Waals surface area contributed by atoms with E-state index in [2.05, 4.69) is 0 Å². The Hall–Kier alpha value is -1.01. The summed E-state index contributed by atoms with van der Waals surface area (Å²) in [7, 11) is 1.76. The van der Waals surface area contributed by atoms with Crippen LogP contribution in [0.2, 0.25) is 15.1 Å². The van der Waals surface area contributed by atoms with E-state index in [1.54, 1.807) is 24.1 Å². The van der Waals surface area contributed by atoms with Crippen molar-refractivity contribution >= 4 is 68.1 Å². The number of benzene rings is 1. The number of carbonyl (C=O) groups excluding carboxylic acids is 2. The van der Waals surface area contributed by atoms with Crippen molar-refractivity contribution in [3.8, 4) is 0 Å².